The van der Waals surface area contributed by atoms with Gasteiger partial charge in [0, 0.05) is 13.6 Å². The zero-order valence-corrected chi connectivity index (χ0v) is 16.8. The molecule has 1 N–H and O–H groups in total. The molecule has 0 saturated carbocycles. The number of aromatic nitrogens is 1. The summed E-state index contributed by atoms with van der Waals surface area (Å²) >= 11 is -0.0765. The second kappa shape index (κ2) is 10.9. The Hall–Kier alpha value is -1.80. The Kier molecular flexibility index (Phi) is 9.30. The molecule has 0 fully saturated rings. The molecule has 3 rings (SSSR count). The maximum absolute atomic E-state index is 10.4. The molecule has 2 aromatic carbocycles. The van der Waals surface area contributed by atoms with Crippen LogP contribution in [0.15, 0.2) is 85.1 Å². The van der Waals surface area contributed by atoms with E-state index in [4.69, 9.17) is 9.69 Å². The van der Waals surface area contributed by atoms with Crippen molar-refractivity contribution >= 4 is 14.3 Å². The number of pyridine rings is 1. The Bertz CT molecular complexity index is 705. The number of rotatable bonds is 3. The Morgan fingerprint density at radius 1 is 0.920 bits per heavy atom. The van der Waals surface area contributed by atoms with Gasteiger partial charge in [0.05, 0.1) is 5.69 Å². The van der Waals surface area contributed by atoms with Crippen molar-refractivity contribution in [2.75, 3.05) is 0 Å². The third-order valence-corrected chi connectivity index (χ3v) is 4.68. The van der Waals surface area contributed by atoms with Gasteiger partial charge in [-0.05, 0) is 24.6 Å². The van der Waals surface area contributed by atoms with Crippen LogP contribution in [-0.4, -0.2) is 14.7 Å². The van der Waals surface area contributed by atoms with E-state index in [9.17, 15) is 5.11 Å². The topological polar surface area (TPSA) is 33.1 Å². The Labute approximate surface area is 161 Å². The van der Waals surface area contributed by atoms with E-state index in [1.54, 1.807) is 13.1 Å². The Morgan fingerprint density at radius 2 is 1.48 bits per heavy atom. The van der Waals surface area contributed by atoms with Gasteiger partial charge >= 0.3 is 65.9 Å². The molecule has 131 valence electrons. The van der Waals surface area contributed by atoms with Crippen LogP contribution >= 0.6 is 9.69 Å². The molecular weight excluding hydrogens is 419 g/mol. The second-order valence-corrected chi connectivity index (χ2v) is 7.04. The molecule has 0 radical (unpaired) electrons. The maximum atomic E-state index is 10.4. The quantitative estimate of drug-likeness (QED) is 0.466. The van der Waals surface area contributed by atoms with Crippen LogP contribution in [0.4, 0.5) is 0 Å². The van der Waals surface area contributed by atoms with Gasteiger partial charge in [-0.2, -0.15) is 0 Å². The molecule has 0 spiro atoms. The van der Waals surface area contributed by atoms with Gasteiger partial charge in [-0.15, -0.1) is 0 Å². The van der Waals surface area contributed by atoms with Crippen molar-refractivity contribution in [1.82, 2.24) is 4.98 Å². The Balaban J connectivity index is 0.000000270. The Morgan fingerprint density at radius 3 is 2.00 bits per heavy atom. The van der Waals surface area contributed by atoms with E-state index in [1.165, 1.54) is 5.56 Å². The van der Waals surface area contributed by atoms with E-state index >= 15 is 0 Å². The molecule has 1 aromatic heterocycles. The molecule has 1 unspecified atom stereocenters. The summed E-state index contributed by atoms with van der Waals surface area (Å²) in [5.74, 6) is 0. The molecule has 0 amide bonds. The average molecular weight is 441 g/mol. The summed E-state index contributed by atoms with van der Waals surface area (Å²) in [6.45, 7) is 1.75. The standard InChI is InChI=1S/C13H13NO.C7H6.CH3.ClH.Ru/c1-13(15,11-7-3-2-4-8-11)12-9-5-6-10-14-12;1-7-5-3-2-4-6-7;;;/h2-10,15H,1H3;1-6H;1H3;1H;/q;;+1;;+1/p-1. The first-order valence-electron chi connectivity index (χ1n) is 7.44. The van der Waals surface area contributed by atoms with Crippen molar-refractivity contribution in [2.24, 2.45) is 0 Å². The van der Waals surface area contributed by atoms with Crippen LogP contribution in [0.1, 0.15) is 23.7 Å². The number of hydrogen-bond acceptors (Lipinski definition) is 2. The fraction of sp³-hybridized carbons (Fsp3) is 0.0952. The number of nitrogens with zero attached hydrogens (tertiary/aromatic N) is 1. The summed E-state index contributed by atoms with van der Waals surface area (Å²) in [6.07, 6.45) is 1.69. The summed E-state index contributed by atoms with van der Waals surface area (Å²) < 4.78 is 2.06. The zero-order valence-electron chi connectivity index (χ0n) is 14.3. The molecule has 0 aliphatic heterocycles. The molecule has 0 bridgehead atoms. The third kappa shape index (κ3) is 6.55. The number of hydrogen-bond donors (Lipinski definition) is 1. The molecule has 3 aromatic rings. The van der Waals surface area contributed by atoms with Gasteiger partial charge in [-0.25, -0.2) is 0 Å². The fourth-order valence-corrected chi connectivity index (χ4v) is 3.21. The summed E-state index contributed by atoms with van der Waals surface area (Å²) in [6, 6.07) is 25.2. The summed E-state index contributed by atoms with van der Waals surface area (Å²) in [7, 11) is 5.57. The van der Waals surface area contributed by atoms with Gasteiger partial charge in [-0.3, -0.25) is 4.98 Å². The van der Waals surface area contributed by atoms with Crippen molar-refractivity contribution in [3.63, 3.8) is 0 Å². The summed E-state index contributed by atoms with van der Waals surface area (Å²) in [4.78, 5) is 4.18. The first kappa shape index (κ1) is 21.2. The fourth-order valence-electron chi connectivity index (χ4n) is 2.13. The van der Waals surface area contributed by atoms with Crippen LogP contribution in [0.5, 0.6) is 0 Å². The predicted octanol–water partition coefficient (Wildman–Crippen LogP) is 4.86. The van der Waals surface area contributed by atoms with Crippen LogP contribution in [0.3, 0.4) is 0 Å². The van der Waals surface area contributed by atoms with Gasteiger partial charge in [0.25, 0.3) is 0 Å². The third-order valence-electron chi connectivity index (χ3n) is 3.46. The number of aliphatic hydroxyl groups is 1. The zero-order chi connectivity index (χ0) is 17.3. The van der Waals surface area contributed by atoms with E-state index < -0.39 is 5.60 Å². The number of halogens is 1. The SMILES string of the molecule is CC(O)(c1ccccc1)c1ccccn1.[CH3+].[Cl][Ru]=[CH]c1ccccc1. The normalized spacial score (nSPS) is 12.8. The minimum atomic E-state index is -1.03. The monoisotopic (exact) mass is 441 g/mol. The van der Waals surface area contributed by atoms with Gasteiger partial charge in [0.1, 0.15) is 5.60 Å². The van der Waals surface area contributed by atoms with Crippen molar-refractivity contribution < 1.29 is 20.8 Å². The van der Waals surface area contributed by atoms with Crippen molar-refractivity contribution in [3.8, 4) is 0 Å². The van der Waals surface area contributed by atoms with Crippen molar-refractivity contribution in [2.45, 2.75) is 12.5 Å². The minimum absolute atomic E-state index is 0. The molecule has 4 heteroatoms. The molecule has 1 heterocycles. The molecular formula is C21H22ClNORu+. The van der Waals surface area contributed by atoms with E-state index in [1.807, 2.05) is 66.7 Å². The van der Waals surface area contributed by atoms with E-state index in [2.05, 4.69) is 21.7 Å². The van der Waals surface area contributed by atoms with Gasteiger partial charge in [0.15, 0.2) is 0 Å². The van der Waals surface area contributed by atoms with Crippen molar-refractivity contribution in [1.29, 1.82) is 0 Å². The van der Waals surface area contributed by atoms with Crippen molar-refractivity contribution in [3.05, 3.63) is 109 Å². The van der Waals surface area contributed by atoms with Crippen LogP contribution in [0, 0.1) is 7.43 Å². The van der Waals surface area contributed by atoms with Gasteiger partial charge < -0.3 is 5.11 Å². The molecule has 0 saturated heterocycles. The van der Waals surface area contributed by atoms with Crippen LogP contribution in [0.2, 0.25) is 0 Å². The number of benzene rings is 2. The van der Waals surface area contributed by atoms with E-state index in [-0.39, 0.29) is 23.1 Å². The predicted molar refractivity (Wildman–Crippen MR) is 103 cm³/mol. The molecule has 2 nitrogen and oxygen atoms in total. The average Bonchev–Trinajstić information content (AvgIpc) is 2.65. The van der Waals surface area contributed by atoms with E-state index in [0.29, 0.717) is 5.69 Å². The van der Waals surface area contributed by atoms with E-state index in [0.717, 1.165) is 5.56 Å². The van der Waals surface area contributed by atoms with Crippen LogP contribution in [0.25, 0.3) is 0 Å². The first-order valence-corrected chi connectivity index (χ1v) is 10.7. The summed E-state index contributed by atoms with van der Waals surface area (Å²) in [5, 5.41) is 10.4. The molecule has 25 heavy (non-hydrogen) atoms. The first-order chi connectivity index (χ1) is 11.6. The molecule has 0 aliphatic rings. The molecule has 0 aliphatic carbocycles. The summed E-state index contributed by atoms with van der Waals surface area (Å²) in [5.41, 5.74) is 1.72. The van der Waals surface area contributed by atoms with Crippen LogP contribution in [-0.2, 0) is 21.3 Å². The van der Waals surface area contributed by atoms with Crippen LogP contribution < -0.4 is 0 Å². The van der Waals surface area contributed by atoms with Gasteiger partial charge in [-0.1, -0.05) is 36.4 Å². The molecule has 1 atom stereocenters. The van der Waals surface area contributed by atoms with Gasteiger partial charge in [0.2, 0.25) is 0 Å². The second-order valence-electron chi connectivity index (χ2n) is 5.24.